The molecule has 1 aromatic carbocycles. The topological polar surface area (TPSA) is 53.1 Å². The van der Waals surface area contributed by atoms with E-state index in [1.165, 1.54) is 0 Å². The van der Waals surface area contributed by atoms with Crippen LogP contribution in [0.3, 0.4) is 0 Å². The fourth-order valence-corrected chi connectivity index (χ4v) is 1.48. The van der Waals surface area contributed by atoms with Gasteiger partial charge >= 0.3 is 0 Å². The van der Waals surface area contributed by atoms with Crippen molar-refractivity contribution in [2.75, 3.05) is 0 Å². The van der Waals surface area contributed by atoms with Gasteiger partial charge < -0.3 is 14.9 Å². The Kier molecular flexibility index (Phi) is 1.77. The van der Waals surface area contributed by atoms with Crippen molar-refractivity contribution in [3.8, 4) is 5.88 Å². The second-order valence-electron chi connectivity index (χ2n) is 2.87. The Labute approximate surface area is 75.0 Å². The van der Waals surface area contributed by atoms with Gasteiger partial charge in [-0.1, -0.05) is 18.2 Å². The number of aromatic hydroxyl groups is 1. The van der Waals surface area contributed by atoms with E-state index in [0.29, 0.717) is 5.56 Å². The molecule has 2 aromatic rings. The Morgan fingerprint density at radius 3 is 2.92 bits per heavy atom. The minimum atomic E-state index is 0.0910. The van der Waals surface area contributed by atoms with Gasteiger partial charge in [-0.3, -0.25) is 0 Å². The van der Waals surface area contributed by atoms with Crippen molar-refractivity contribution in [1.29, 1.82) is 0 Å². The van der Waals surface area contributed by atoms with Gasteiger partial charge in [-0.25, -0.2) is 0 Å². The van der Waals surface area contributed by atoms with Crippen molar-refractivity contribution in [3.05, 3.63) is 29.8 Å². The van der Waals surface area contributed by atoms with Crippen LogP contribution in [0.5, 0.6) is 5.88 Å². The number of hydrogen-bond acceptors (Lipinski definition) is 2. The number of aromatic amines is 1. The molecular formula is C10H9NO2. The third-order valence-corrected chi connectivity index (χ3v) is 2.08. The molecule has 2 rings (SSSR count). The number of rotatable bonds is 2. The maximum absolute atomic E-state index is 10.3. The monoisotopic (exact) mass is 175 g/mol. The number of fused-ring (bicyclic) bond motifs is 1. The molecule has 13 heavy (non-hydrogen) atoms. The van der Waals surface area contributed by atoms with Crippen LogP contribution in [-0.2, 0) is 11.2 Å². The van der Waals surface area contributed by atoms with Crippen molar-refractivity contribution in [3.63, 3.8) is 0 Å². The van der Waals surface area contributed by atoms with Crippen LogP contribution < -0.4 is 0 Å². The van der Waals surface area contributed by atoms with Crippen LogP contribution in [0.4, 0.5) is 0 Å². The number of nitrogens with one attached hydrogen (secondary N) is 1. The highest BCUT2D eigenvalue weighted by Crippen LogP contribution is 2.26. The third-order valence-electron chi connectivity index (χ3n) is 2.08. The summed E-state index contributed by atoms with van der Waals surface area (Å²) in [5, 5.41) is 10.4. The Hall–Kier alpha value is -1.77. The predicted octanol–water partition coefficient (Wildman–Crippen LogP) is 1.61. The first-order chi connectivity index (χ1) is 6.33. The minimum Gasteiger partial charge on any atom is -0.494 e. The molecule has 1 aromatic heterocycles. The highest BCUT2D eigenvalue weighted by molar-refractivity contribution is 5.87. The van der Waals surface area contributed by atoms with Gasteiger partial charge in [-0.2, -0.15) is 0 Å². The van der Waals surface area contributed by atoms with Crippen molar-refractivity contribution in [2.24, 2.45) is 0 Å². The summed E-state index contributed by atoms with van der Waals surface area (Å²) in [7, 11) is 0. The van der Waals surface area contributed by atoms with Gasteiger partial charge in [0.05, 0.1) is 0 Å². The molecule has 3 nitrogen and oxygen atoms in total. The molecule has 0 aliphatic heterocycles. The molecule has 0 fully saturated rings. The highest BCUT2D eigenvalue weighted by atomic mass is 16.3. The first kappa shape index (κ1) is 7.86. The van der Waals surface area contributed by atoms with Crippen molar-refractivity contribution >= 4 is 17.2 Å². The van der Waals surface area contributed by atoms with Crippen molar-refractivity contribution < 1.29 is 9.90 Å². The van der Waals surface area contributed by atoms with E-state index < -0.39 is 0 Å². The van der Waals surface area contributed by atoms with Gasteiger partial charge in [0.1, 0.15) is 6.29 Å². The molecule has 1 heterocycles. The number of carbonyl (C=O) groups excluding carboxylic acids is 1. The zero-order chi connectivity index (χ0) is 9.26. The fourth-order valence-electron chi connectivity index (χ4n) is 1.48. The van der Waals surface area contributed by atoms with Gasteiger partial charge in [-0.05, 0) is 6.07 Å². The van der Waals surface area contributed by atoms with Gasteiger partial charge in [0.2, 0.25) is 0 Å². The zero-order valence-corrected chi connectivity index (χ0v) is 6.95. The van der Waals surface area contributed by atoms with E-state index in [4.69, 9.17) is 0 Å². The first-order valence-corrected chi connectivity index (χ1v) is 4.05. The molecule has 0 amide bonds. The van der Waals surface area contributed by atoms with E-state index in [1.54, 1.807) is 0 Å². The molecule has 2 N–H and O–H groups in total. The Balaban J connectivity index is 2.70. The molecule has 0 atom stereocenters. The lowest BCUT2D eigenvalue weighted by atomic mass is 10.1. The lowest BCUT2D eigenvalue weighted by Crippen LogP contribution is -1.83. The quantitative estimate of drug-likeness (QED) is 0.681. The summed E-state index contributed by atoms with van der Waals surface area (Å²) in [6.07, 6.45) is 1.03. The molecule has 66 valence electrons. The minimum absolute atomic E-state index is 0.0910. The van der Waals surface area contributed by atoms with Crippen molar-refractivity contribution in [1.82, 2.24) is 4.98 Å². The summed E-state index contributed by atoms with van der Waals surface area (Å²) in [5.74, 6) is 0.0910. The van der Waals surface area contributed by atoms with Gasteiger partial charge in [0, 0.05) is 22.9 Å². The zero-order valence-electron chi connectivity index (χ0n) is 6.95. The van der Waals surface area contributed by atoms with E-state index in [9.17, 15) is 9.90 Å². The van der Waals surface area contributed by atoms with E-state index >= 15 is 0 Å². The largest absolute Gasteiger partial charge is 0.494 e. The first-order valence-electron chi connectivity index (χ1n) is 4.05. The number of aldehydes is 1. The molecule has 0 radical (unpaired) electrons. The molecule has 0 aliphatic rings. The second kappa shape index (κ2) is 2.94. The lowest BCUT2D eigenvalue weighted by Gasteiger charge is -1.91. The standard InChI is InChI=1S/C10H9NO2/c12-6-5-8-7-3-1-2-4-9(7)11-10(8)13/h1-4,6,11,13H,5H2. The number of para-hydroxylation sites is 1. The van der Waals surface area contributed by atoms with Crippen LogP contribution in [0.25, 0.3) is 10.9 Å². The highest BCUT2D eigenvalue weighted by Gasteiger charge is 2.08. The lowest BCUT2D eigenvalue weighted by molar-refractivity contribution is -0.107. The summed E-state index contributed by atoms with van der Waals surface area (Å²) in [6.45, 7) is 0. The Bertz CT molecular complexity index is 445. The van der Waals surface area contributed by atoms with Gasteiger partial charge in [0.25, 0.3) is 0 Å². The van der Waals surface area contributed by atoms with E-state index in [2.05, 4.69) is 4.98 Å². The summed E-state index contributed by atoms with van der Waals surface area (Å²) in [4.78, 5) is 13.2. The second-order valence-corrected chi connectivity index (χ2v) is 2.87. The molecule has 3 heteroatoms. The SMILES string of the molecule is O=CCc1c(O)[nH]c2ccccc12. The van der Waals surface area contributed by atoms with Gasteiger partial charge in [-0.15, -0.1) is 0 Å². The average molecular weight is 175 g/mol. The number of H-pyrrole nitrogens is 1. The number of aromatic nitrogens is 1. The van der Waals surface area contributed by atoms with Crippen LogP contribution in [0.1, 0.15) is 5.56 Å². The molecule has 0 saturated heterocycles. The molecule has 0 bridgehead atoms. The van der Waals surface area contributed by atoms with Crippen LogP contribution in [0.2, 0.25) is 0 Å². The van der Waals surface area contributed by atoms with Crippen molar-refractivity contribution in [2.45, 2.75) is 6.42 Å². The number of hydrogen-bond donors (Lipinski definition) is 2. The average Bonchev–Trinajstić information content (AvgIpc) is 2.44. The molecular weight excluding hydrogens is 166 g/mol. The summed E-state index contributed by atoms with van der Waals surface area (Å²) in [6, 6.07) is 7.50. The Morgan fingerprint density at radius 2 is 2.15 bits per heavy atom. The molecule has 0 aliphatic carbocycles. The molecule has 0 unspecified atom stereocenters. The number of benzene rings is 1. The fraction of sp³-hybridized carbons (Fsp3) is 0.100. The maximum Gasteiger partial charge on any atom is 0.193 e. The molecule has 0 spiro atoms. The molecule has 0 saturated carbocycles. The number of carbonyl (C=O) groups is 1. The predicted molar refractivity (Wildman–Crippen MR) is 49.7 cm³/mol. The van der Waals surface area contributed by atoms with E-state index in [-0.39, 0.29) is 12.3 Å². The summed E-state index contributed by atoms with van der Waals surface area (Å²) >= 11 is 0. The summed E-state index contributed by atoms with van der Waals surface area (Å²) < 4.78 is 0. The van der Waals surface area contributed by atoms with E-state index in [0.717, 1.165) is 17.2 Å². The normalized spacial score (nSPS) is 10.5. The van der Waals surface area contributed by atoms with Crippen LogP contribution in [0, 0.1) is 0 Å². The third kappa shape index (κ3) is 1.18. The van der Waals surface area contributed by atoms with Gasteiger partial charge in [0.15, 0.2) is 5.88 Å². The Morgan fingerprint density at radius 1 is 1.38 bits per heavy atom. The maximum atomic E-state index is 10.3. The smallest absolute Gasteiger partial charge is 0.193 e. The summed E-state index contributed by atoms with van der Waals surface area (Å²) in [5.41, 5.74) is 1.53. The van der Waals surface area contributed by atoms with Crippen LogP contribution in [-0.4, -0.2) is 16.4 Å². The van der Waals surface area contributed by atoms with E-state index in [1.807, 2.05) is 24.3 Å². The van der Waals surface area contributed by atoms with Crippen LogP contribution >= 0.6 is 0 Å². The van der Waals surface area contributed by atoms with Crippen LogP contribution in [0.15, 0.2) is 24.3 Å².